The quantitative estimate of drug-likeness (QED) is 0.620. The number of aromatic nitrogens is 2. The molecule has 0 aromatic carbocycles. The van der Waals surface area contributed by atoms with E-state index in [9.17, 15) is 0 Å². The van der Waals surface area contributed by atoms with Gasteiger partial charge in [-0.05, 0) is 6.07 Å². The summed E-state index contributed by atoms with van der Waals surface area (Å²) < 4.78 is 1.74. The Bertz CT molecular complexity index is 269. The minimum absolute atomic E-state index is 0.0903. The van der Waals surface area contributed by atoms with Crippen molar-refractivity contribution < 1.29 is 0 Å². The molecule has 1 rings (SSSR count). The van der Waals surface area contributed by atoms with Gasteiger partial charge in [-0.15, -0.1) is 12.3 Å². The van der Waals surface area contributed by atoms with Crippen molar-refractivity contribution in [3.8, 4) is 12.3 Å². The maximum atomic E-state index is 5.75. The molecule has 0 aliphatic rings. The van der Waals surface area contributed by atoms with Gasteiger partial charge in [0.2, 0.25) is 0 Å². The van der Waals surface area contributed by atoms with E-state index in [1.807, 2.05) is 13.1 Å². The van der Waals surface area contributed by atoms with Crippen molar-refractivity contribution in [1.82, 2.24) is 9.78 Å². The Morgan fingerprint density at radius 1 is 1.91 bits per heavy atom. The van der Waals surface area contributed by atoms with Gasteiger partial charge in [-0.25, -0.2) is 0 Å². The summed E-state index contributed by atoms with van der Waals surface area (Å²) in [6, 6.07) is 1.79. The molecule has 0 saturated carbocycles. The molecule has 11 heavy (non-hydrogen) atoms. The van der Waals surface area contributed by atoms with Crippen LogP contribution in [-0.4, -0.2) is 9.78 Å². The SMILES string of the molecule is C#CCC(N)c1ccnn1C. The smallest absolute Gasteiger partial charge is 0.0577 e. The van der Waals surface area contributed by atoms with Crippen LogP contribution in [0.3, 0.4) is 0 Å². The molecule has 0 aliphatic heterocycles. The van der Waals surface area contributed by atoms with Crippen LogP contribution in [0, 0.1) is 12.3 Å². The van der Waals surface area contributed by atoms with Crippen molar-refractivity contribution in [2.24, 2.45) is 12.8 Å². The fourth-order valence-corrected chi connectivity index (χ4v) is 0.979. The predicted octanol–water partition coefficient (Wildman–Crippen LogP) is 0.443. The molecule has 0 radical (unpaired) electrons. The first-order valence-corrected chi connectivity index (χ1v) is 3.42. The van der Waals surface area contributed by atoms with Crippen LogP contribution in [-0.2, 0) is 7.05 Å². The van der Waals surface area contributed by atoms with Crippen molar-refractivity contribution in [2.45, 2.75) is 12.5 Å². The van der Waals surface area contributed by atoms with Crippen LogP contribution < -0.4 is 5.73 Å². The molecule has 58 valence electrons. The summed E-state index contributed by atoms with van der Waals surface area (Å²) in [4.78, 5) is 0. The van der Waals surface area contributed by atoms with Crippen LogP contribution in [0.15, 0.2) is 12.3 Å². The van der Waals surface area contributed by atoms with Crippen LogP contribution in [0.25, 0.3) is 0 Å². The summed E-state index contributed by atoms with van der Waals surface area (Å²) in [5.41, 5.74) is 6.72. The van der Waals surface area contributed by atoms with Gasteiger partial charge >= 0.3 is 0 Å². The highest BCUT2D eigenvalue weighted by atomic mass is 15.3. The first kappa shape index (κ1) is 7.83. The van der Waals surface area contributed by atoms with Crippen molar-refractivity contribution >= 4 is 0 Å². The first-order valence-electron chi connectivity index (χ1n) is 3.42. The Hall–Kier alpha value is -1.27. The minimum atomic E-state index is -0.0903. The zero-order chi connectivity index (χ0) is 8.27. The van der Waals surface area contributed by atoms with Crippen LogP contribution in [0.5, 0.6) is 0 Å². The van der Waals surface area contributed by atoms with Gasteiger partial charge in [0.25, 0.3) is 0 Å². The number of nitrogens with two attached hydrogens (primary N) is 1. The van der Waals surface area contributed by atoms with Gasteiger partial charge in [0, 0.05) is 19.7 Å². The molecule has 3 heteroatoms. The van der Waals surface area contributed by atoms with Gasteiger partial charge in [0.1, 0.15) is 0 Å². The van der Waals surface area contributed by atoms with Gasteiger partial charge in [-0.2, -0.15) is 5.10 Å². The molecule has 0 aliphatic carbocycles. The molecule has 1 aromatic rings. The molecule has 0 bridgehead atoms. The fourth-order valence-electron chi connectivity index (χ4n) is 0.979. The summed E-state index contributed by atoms with van der Waals surface area (Å²) in [6.07, 6.45) is 7.40. The van der Waals surface area contributed by atoms with E-state index < -0.39 is 0 Å². The molecule has 3 nitrogen and oxygen atoms in total. The zero-order valence-corrected chi connectivity index (χ0v) is 6.49. The number of nitrogens with zero attached hydrogens (tertiary/aromatic N) is 2. The molecule has 0 fully saturated rings. The summed E-state index contributed by atoms with van der Waals surface area (Å²) >= 11 is 0. The third kappa shape index (κ3) is 1.60. The lowest BCUT2D eigenvalue weighted by Gasteiger charge is -2.07. The number of rotatable bonds is 2. The van der Waals surface area contributed by atoms with E-state index in [-0.39, 0.29) is 6.04 Å². The molecular formula is C8H11N3. The van der Waals surface area contributed by atoms with Crippen LogP contribution in [0.1, 0.15) is 18.2 Å². The average Bonchev–Trinajstić information content (AvgIpc) is 2.36. The fraction of sp³-hybridized carbons (Fsp3) is 0.375. The topological polar surface area (TPSA) is 43.8 Å². The summed E-state index contributed by atoms with van der Waals surface area (Å²) in [5.74, 6) is 2.52. The normalized spacial score (nSPS) is 12.5. The number of aryl methyl sites for hydroxylation is 1. The van der Waals surface area contributed by atoms with E-state index in [0.29, 0.717) is 6.42 Å². The summed E-state index contributed by atoms with van der Waals surface area (Å²) in [6.45, 7) is 0. The molecule has 1 unspecified atom stereocenters. The molecule has 0 amide bonds. The number of terminal acetylenes is 1. The Morgan fingerprint density at radius 3 is 3.09 bits per heavy atom. The monoisotopic (exact) mass is 149 g/mol. The highest BCUT2D eigenvalue weighted by molar-refractivity contribution is 5.08. The molecule has 1 aromatic heterocycles. The molecule has 1 atom stereocenters. The Balaban J connectivity index is 2.77. The molecular weight excluding hydrogens is 138 g/mol. The maximum Gasteiger partial charge on any atom is 0.0577 e. The highest BCUT2D eigenvalue weighted by Crippen LogP contribution is 2.10. The van der Waals surface area contributed by atoms with Crippen LogP contribution >= 0.6 is 0 Å². The van der Waals surface area contributed by atoms with Crippen molar-refractivity contribution in [1.29, 1.82) is 0 Å². The Kier molecular flexibility index (Phi) is 2.29. The Labute approximate surface area is 66.2 Å². The van der Waals surface area contributed by atoms with Crippen molar-refractivity contribution in [3.05, 3.63) is 18.0 Å². The third-order valence-corrected chi connectivity index (χ3v) is 1.58. The lowest BCUT2D eigenvalue weighted by atomic mass is 10.1. The Morgan fingerprint density at radius 2 is 2.64 bits per heavy atom. The van der Waals surface area contributed by atoms with E-state index in [4.69, 9.17) is 12.2 Å². The van der Waals surface area contributed by atoms with Crippen LogP contribution in [0.2, 0.25) is 0 Å². The second-order valence-corrected chi connectivity index (χ2v) is 2.39. The third-order valence-electron chi connectivity index (χ3n) is 1.58. The van der Waals surface area contributed by atoms with E-state index in [0.717, 1.165) is 5.69 Å². The van der Waals surface area contributed by atoms with Crippen molar-refractivity contribution in [3.63, 3.8) is 0 Å². The van der Waals surface area contributed by atoms with E-state index in [1.165, 1.54) is 0 Å². The largest absolute Gasteiger partial charge is 0.322 e. The second kappa shape index (κ2) is 3.22. The maximum absolute atomic E-state index is 5.75. The molecule has 2 N–H and O–H groups in total. The van der Waals surface area contributed by atoms with Crippen molar-refractivity contribution in [2.75, 3.05) is 0 Å². The summed E-state index contributed by atoms with van der Waals surface area (Å²) in [5, 5.41) is 3.99. The zero-order valence-electron chi connectivity index (χ0n) is 6.49. The number of hydrogen-bond acceptors (Lipinski definition) is 2. The highest BCUT2D eigenvalue weighted by Gasteiger charge is 2.06. The summed E-state index contributed by atoms with van der Waals surface area (Å²) in [7, 11) is 1.85. The molecule has 0 spiro atoms. The second-order valence-electron chi connectivity index (χ2n) is 2.39. The minimum Gasteiger partial charge on any atom is -0.322 e. The van der Waals surface area contributed by atoms with Gasteiger partial charge in [0.15, 0.2) is 0 Å². The lowest BCUT2D eigenvalue weighted by Crippen LogP contribution is -2.13. The van der Waals surface area contributed by atoms with Gasteiger partial charge in [0.05, 0.1) is 11.7 Å². The molecule has 1 heterocycles. The van der Waals surface area contributed by atoms with Gasteiger partial charge < -0.3 is 5.73 Å². The van der Waals surface area contributed by atoms with E-state index in [1.54, 1.807) is 10.9 Å². The van der Waals surface area contributed by atoms with E-state index >= 15 is 0 Å². The van der Waals surface area contributed by atoms with Crippen LogP contribution in [0.4, 0.5) is 0 Å². The number of hydrogen-bond donors (Lipinski definition) is 1. The standard InChI is InChI=1S/C8H11N3/c1-3-4-7(9)8-5-6-10-11(8)2/h1,5-7H,4,9H2,2H3. The predicted molar refractivity (Wildman–Crippen MR) is 43.6 cm³/mol. The molecule has 0 saturated heterocycles. The first-order chi connectivity index (χ1) is 5.25. The lowest BCUT2D eigenvalue weighted by molar-refractivity contribution is 0.630. The average molecular weight is 149 g/mol. The van der Waals surface area contributed by atoms with E-state index in [2.05, 4.69) is 11.0 Å². The van der Waals surface area contributed by atoms with Gasteiger partial charge in [-0.1, -0.05) is 0 Å². The van der Waals surface area contributed by atoms with Gasteiger partial charge in [-0.3, -0.25) is 4.68 Å².